The van der Waals surface area contributed by atoms with E-state index in [0.29, 0.717) is 34.7 Å². The zero-order valence-electron chi connectivity index (χ0n) is 22.5. The minimum Gasteiger partial charge on any atom is -0.493 e. The van der Waals surface area contributed by atoms with E-state index in [-0.39, 0.29) is 13.2 Å². The van der Waals surface area contributed by atoms with Crippen molar-refractivity contribution in [2.24, 2.45) is 0 Å². The van der Waals surface area contributed by atoms with Gasteiger partial charge in [0.2, 0.25) is 0 Å². The van der Waals surface area contributed by atoms with Crippen LogP contribution in [0.25, 0.3) is 17.4 Å². The lowest BCUT2D eigenvalue weighted by Crippen LogP contribution is -2.32. The molecular weight excluding hydrogens is 486 g/mol. The van der Waals surface area contributed by atoms with Gasteiger partial charge in [-0.15, -0.1) is 0 Å². The average Bonchev–Trinajstić information content (AvgIpc) is 3.46. The Balaban J connectivity index is 1.41. The van der Waals surface area contributed by atoms with Crippen LogP contribution in [0.2, 0.25) is 0 Å². The number of rotatable bonds is 10. The zero-order valence-corrected chi connectivity index (χ0v) is 22.5. The molecule has 2 amide bonds. The van der Waals surface area contributed by atoms with Crippen LogP contribution in [0.1, 0.15) is 22.7 Å². The fourth-order valence-corrected chi connectivity index (χ4v) is 3.91. The summed E-state index contributed by atoms with van der Waals surface area (Å²) in [7, 11) is 5.62. The lowest BCUT2D eigenvalue weighted by molar-refractivity contribution is 0.246. The van der Waals surface area contributed by atoms with Gasteiger partial charge in [0.25, 0.3) is 0 Å². The Labute approximate surface area is 221 Å². The van der Waals surface area contributed by atoms with Gasteiger partial charge in [0.1, 0.15) is 18.2 Å². The summed E-state index contributed by atoms with van der Waals surface area (Å²) in [5.74, 6) is 3.64. The number of hydrogen-bond donors (Lipinski definition) is 2. The Morgan fingerprint density at radius 2 is 1.87 bits per heavy atom. The average molecular weight is 520 g/mol. The Bertz CT molecular complexity index is 1410. The molecule has 38 heavy (non-hydrogen) atoms. The van der Waals surface area contributed by atoms with Crippen molar-refractivity contribution in [1.29, 1.82) is 0 Å². The Morgan fingerprint density at radius 1 is 1.05 bits per heavy atom. The van der Waals surface area contributed by atoms with Gasteiger partial charge in [-0.05, 0) is 70.8 Å². The number of carbonyl (C=O) groups excluding carboxylic acids is 1. The van der Waals surface area contributed by atoms with Gasteiger partial charge in [-0.25, -0.2) is 19.4 Å². The number of methoxy groups -OCH3 is 1. The number of furan rings is 1. The molecule has 0 aliphatic rings. The first-order valence-electron chi connectivity index (χ1n) is 12.2. The summed E-state index contributed by atoms with van der Waals surface area (Å²) < 4.78 is 18.7. The van der Waals surface area contributed by atoms with Crippen molar-refractivity contribution >= 4 is 11.8 Å². The number of aryl methyl sites for hydroxylation is 3. The Morgan fingerprint density at radius 3 is 2.53 bits per heavy atom. The van der Waals surface area contributed by atoms with Gasteiger partial charge in [0.15, 0.2) is 28.9 Å². The van der Waals surface area contributed by atoms with Crippen LogP contribution in [0.4, 0.5) is 10.6 Å². The molecule has 3 heterocycles. The fourth-order valence-electron chi connectivity index (χ4n) is 3.91. The second-order valence-electron chi connectivity index (χ2n) is 9.14. The van der Waals surface area contributed by atoms with Crippen molar-refractivity contribution in [3.05, 3.63) is 65.2 Å². The number of amides is 2. The van der Waals surface area contributed by atoms with Gasteiger partial charge < -0.3 is 24.1 Å². The minimum absolute atomic E-state index is 0.258. The molecule has 1 aromatic carbocycles. The van der Waals surface area contributed by atoms with E-state index in [1.165, 1.54) is 0 Å². The third kappa shape index (κ3) is 6.68. The van der Waals surface area contributed by atoms with Crippen molar-refractivity contribution in [1.82, 2.24) is 30.0 Å². The summed E-state index contributed by atoms with van der Waals surface area (Å²) in [6.07, 6.45) is 0. The molecule has 0 bridgehead atoms. The van der Waals surface area contributed by atoms with E-state index in [1.807, 2.05) is 65.2 Å². The molecule has 0 atom stereocenters. The van der Waals surface area contributed by atoms with E-state index >= 15 is 0 Å². The second kappa shape index (κ2) is 11.8. The van der Waals surface area contributed by atoms with Crippen molar-refractivity contribution in [3.63, 3.8) is 0 Å². The van der Waals surface area contributed by atoms with E-state index in [1.54, 1.807) is 23.9 Å². The van der Waals surface area contributed by atoms with E-state index in [2.05, 4.69) is 30.6 Å². The lowest BCUT2D eigenvalue weighted by atomic mass is 10.2. The van der Waals surface area contributed by atoms with E-state index in [4.69, 9.17) is 13.9 Å². The molecule has 0 aliphatic carbocycles. The highest BCUT2D eigenvalue weighted by molar-refractivity contribution is 5.88. The summed E-state index contributed by atoms with van der Waals surface area (Å²) in [5, 5.41) is 10.1. The maximum Gasteiger partial charge on any atom is 0.320 e. The molecule has 0 radical (unpaired) electrons. The van der Waals surface area contributed by atoms with Crippen LogP contribution in [0.3, 0.4) is 0 Å². The highest BCUT2D eigenvalue weighted by Gasteiger charge is 2.15. The number of ether oxygens (including phenoxy) is 2. The molecule has 4 aromatic rings. The van der Waals surface area contributed by atoms with Gasteiger partial charge in [-0.3, -0.25) is 5.32 Å². The maximum absolute atomic E-state index is 12.7. The smallest absolute Gasteiger partial charge is 0.320 e. The molecule has 2 N–H and O–H groups in total. The van der Waals surface area contributed by atoms with Crippen LogP contribution in [-0.4, -0.2) is 65.0 Å². The van der Waals surface area contributed by atoms with Crippen LogP contribution in [0.5, 0.6) is 11.5 Å². The molecule has 0 saturated carbocycles. The van der Waals surface area contributed by atoms with Gasteiger partial charge in [-0.1, -0.05) is 6.07 Å². The first-order chi connectivity index (χ1) is 18.2. The third-order valence-electron chi connectivity index (χ3n) is 5.51. The quantitative estimate of drug-likeness (QED) is 0.300. The molecule has 200 valence electrons. The number of hydrogen-bond acceptors (Lipinski definition) is 8. The molecule has 0 fully saturated rings. The SMILES string of the molecule is COc1cc(CN(C)C)ccc1OCCNC(=O)Nc1cc(-n2nc(C)cc2C)nc(-c2ccc(C)o2)n1. The van der Waals surface area contributed by atoms with Crippen molar-refractivity contribution in [2.45, 2.75) is 27.3 Å². The van der Waals surface area contributed by atoms with Crippen LogP contribution in [-0.2, 0) is 6.54 Å². The van der Waals surface area contributed by atoms with E-state index < -0.39 is 6.03 Å². The summed E-state index contributed by atoms with van der Waals surface area (Å²) in [6, 6.07) is 12.6. The normalized spacial score (nSPS) is 11.0. The zero-order chi connectivity index (χ0) is 27.2. The van der Waals surface area contributed by atoms with Crippen molar-refractivity contribution in [2.75, 3.05) is 39.7 Å². The first-order valence-corrected chi connectivity index (χ1v) is 12.2. The van der Waals surface area contributed by atoms with Gasteiger partial charge in [0, 0.05) is 18.3 Å². The van der Waals surface area contributed by atoms with Crippen LogP contribution in [0.15, 0.2) is 46.9 Å². The predicted octanol–water partition coefficient (Wildman–Crippen LogP) is 4.12. The number of urea groups is 1. The van der Waals surface area contributed by atoms with Crippen LogP contribution >= 0.6 is 0 Å². The number of nitrogens with one attached hydrogen (secondary N) is 2. The summed E-state index contributed by atoms with van der Waals surface area (Å²) >= 11 is 0. The molecule has 11 heteroatoms. The molecule has 0 spiro atoms. The molecule has 3 aromatic heterocycles. The molecule has 0 aliphatic heterocycles. The molecular formula is C27H33N7O4. The molecule has 0 saturated heterocycles. The van der Waals surface area contributed by atoms with Crippen LogP contribution < -0.4 is 20.1 Å². The summed E-state index contributed by atoms with van der Waals surface area (Å²) in [5.41, 5.74) is 2.87. The summed E-state index contributed by atoms with van der Waals surface area (Å²) in [6.45, 7) is 7.01. The van der Waals surface area contributed by atoms with Crippen LogP contribution in [0, 0.1) is 20.8 Å². The molecule has 0 unspecified atom stereocenters. The number of nitrogens with zero attached hydrogens (tertiary/aromatic N) is 5. The minimum atomic E-state index is -0.429. The van der Waals surface area contributed by atoms with Crippen molar-refractivity contribution in [3.8, 4) is 28.9 Å². The van der Waals surface area contributed by atoms with Gasteiger partial charge in [0.05, 0.1) is 19.3 Å². The topological polar surface area (TPSA) is 120 Å². The molecule has 11 nitrogen and oxygen atoms in total. The number of aromatic nitrogens is 4. The standard InChI is InChI=1S/C27H33N7O4/c1-17-13-18(2)34(32-17)25-15-24(29-26(31-25)22-9-7-19(3)38-22)30-27(35)28-11-12-37-21-10-8-20(16-33(4)5)14-23(21)36-6/h7-10,13-15H,11-12,16H2,1-6H3,(H2,28,29,30,31,35). The second-order valence-corrected chi connectivity index (χ2v) is 9.14. The Kier molecular flexibility index (Phi) is 8.27. The Hall–Kier alpha value is -4.38. The van der Waals surface area contributed by atoms with E-state index in [0.717, 1.165) is 29.3 Å². The van der Waals surface area contributed by atoms with E-state index in [9.17, 15) is 4.79 Å². The van der Waals surface area contributed by atoms with Gasteiger partial charge in [-0.2, -0.15) is 5.10 Å². The van der Waals surface area contributed by atoms with Gasteiger partial charge >= 0.3 is 6.03 Å². The lowest BCUT2D eigenvalue weighted by Gasteiger charge is -2.15. The first kappa shape index (κ1) is 26.7. The summed E-state index contributed by atoms with van der Waals surface area (Å²) in [4.78, 5) is 23.8. The predicted molar refractivity (Wildman–Crippen MR) is 144 cm³/mol. The largest absolute Gasteiger partial charge is 0.493 e. The number of carbonyl (C=O) groups is 1. The third-order valence-corrected chi connectivity index (χ3v) is 5.51. The number of benzene rings is 1. The highest BCUT2D eigenvalue weighted by atomic mass is 16.5. The monoisotopic (exact) mass is 519 g/mol. The number of anilines is 1. The molecule has 4 rings (SSSR count). The maximum atomic E-state index is 12.7. The fraction of sp³-hybridized carbons (Fsp3) is 0.333. The highest BCUT2D eigenvalue weighted by Crippen LogP contribution is 2.28. The van der Waals surface area contributed by atoms with Crippen molar-refractivity contribution < 1.29 is 18.7 Å².